The third kappa shape index (κ3) is 3.01. The minimum atomic E-state index is -0.391. The molecular weight excluding hydrogens is 298 g/mol. The molecule has 2 aromatic rings. The monoisotopic (exact) mass is 315 g/mol. The van der Waals surface area contributed by atoms with Crippen LogP contribution in [0.25, 0.3) is 0 Å². The van der Waals surface area contributed by atoms with E-state index < -0.39 is 4.92 Å². The van der Waals surface area contributed by atoms with Crippen LogP contribution in [0.1, 0.15) is 16.1 Å². The zero-order valence-corrected chi connectivity index (χ0v) is 12.7. The lowest BCUT2D eigenvalue weighted by atomic mass is 10.1. The van der Waals surface area contributed by atoms with Crippen LogP contribution in [0.3, 0.4) is 0 Å². The first-order chi connectivity index (χ1) is 11.1. The summed E-state index contributed by atoms with van der Waals surface area (Å²) in [5.74, 6) is -0.0532. The van der Waals surface area contributed by atoms with Gasteiger partial charge in [0.15, 0.2) is 0 Å². The van der Waals surface area contributed by atoms with Crippen molar-refractivity contribution in [2.24, 2.45) is 0 Å². The molecule has 8 heteroatoms. The zero-order chi connectivity index (χ0) is 16.4. The van der Waals surface area contributed by atoms with Gasteiger partial charge in [0, 0.05) is 50.2 Å². The number of carbonyl (C=O) groups is 1. The fourth-order valence-corrected chi connectivity index (χ4v) is 2.80. The molecule has 23 heavy (non-hydrogen) atoms. The molecule has 0 aliphatic carbocycles. The van der Waals surface area contributed by atoms with Crippen LogP contribution >= 0.6 is 0 Å². The number of nitro groups is 1. The number of anilines is 1. The molecule has 3 rings (SSSR count). The molecule has 0 bridgehead atoms. The third-order valence-electron chi connectivity index (χ3n) is 4.03. The second kappa shape index (κ2) is 6.07. The summed E-state index contributed by atoms with van der Waals surface area (Å²) < 4.78 is 0. The smallest absolute Gasteiger partial charge is 0.271 e. The van der Waals surface area contributed by atoms with Gasteiger partial charge in [-0.15, -0.1) is 0 Å². The van der Waals surface area contributed by atoms with Crippen molar-refractivity contribution in [1.29, 1.82) is 0 Å². The second-order valence-electron chi connectivity index (χ2n) is 5.48. The van der Waals surface area contributed by atoms with Crippen molar-refractivity contribution in [2.45, 2.75) is 6.92 Å². The zero-order valence-electron chi connectivity index (χ0n) is 12.7. The predicted octanol–water partition coefficient (Wildman–Crippen LogP) is 1.59. The lowest BCUT2D eigenvalue weighted by molar-refractivity contribution is -0.384. The minimum Gasteiger partial charge on any atom is -0.368 e. The summed E-state index contributed by atoms with van der Waals surface area (Å²) in [6.07, 6.45) is 1.56. The summed E-state index contributed by atoms with van der Waals surface area (Å²) in [4.78, 5) is 26.6. The molecule has 0 saturated carbocycles. The Balaban J connectivity index is 1.67. The van der Waals surface area contributed by atoms with Gasteiger partial charge in [-0.2, -0.15) is 5.10 Å². The average molecular weight is 315 g/mol. The standard InChI is InChI=1S/C15H17N5O3/c1-11-10-12(20(22)23)2-3-14(11)18-6-8-19(9-7-18)15(21)13-4-5-16-17-13/h2-5,10H,6-9H2,1H3,(H,16,17). The van der Waals surface area contributed by atoms with Crippen molar-refractivity contribution in [3.8, 4) is 0 Å². The second-order valence-corrected chi connectivity index (χ2v) is 5.48. The van der Waals surface area contributed by atoms with Crippen molar-refractivity contribution in [3.63, 3.8) is 0 Å². The van der Waals surface area contributed by atoms with Crippen LogP contribution in [0, 0.1) is 17.0 Å². The largest absolute Gasteiger partial charge is 0.368 e. The first-order valence-electron chi connectivity index (χ1n) is 7.35. The number of amides is 1. The molecule has 8 nitrogen and oxygen atoms in total. The van der Waals surface area contributed by atoms with Crippen LogP contribution in [0.5, 0.6) is 0 Å². The summed E-state index contributed by atoms with van der Waals surface area (Å²) in [6.45, 7) is 4.46. The first kappa shape index (κ1) is 15.0. The Kier molecular flexibility index (Phi) is 3.96. The highest BCUT2D eigenvalue weighted by Crippen LogP contribution is 2.25. The van der Waals surface area contributed by atoms with Gasteiger partial charge in [0.05, 0.1) is 4.92 Å². The van der Waals surface area contributed by atoms with Gasteiger partial charge < -0.3 is 9.80 Å². The van der Waals surface area contributed by atoms with E-state index in [9.17, 15) is 14.9 Å². The van der Waals surface area contributed by atoms with Crippen LogP contribution in [-0.4, -0.2) is 52.1 Å². The number of hydrogen-bond acceptors (Lipinski definition) is 5. The van der Waals surface area contributed by atoms with Crippen LogP contribution in [-0.2, 0) is 0 Å². The quantitative estimate of drug-likeness (QED) is 0.685. The summed E-state index contributed by atoms with van der Waals surface area (Å²) >= 11 is 0. The predicted molar refractivity (Wildman–Crippen MR) is 84.5 cm³/mol. The average Bonchev–Trinajstić information content (AvgIpc) is 3.08. The fraction of sp³-hybridized carbons (Fsp3) is 0.333. The number of nitrogens with zero attached hydrogens (tertiary/aromatic N) is 4. The molecule has 1 fully saturated rings. The van der Waals surface area contributed by atoms with Gasteiger partial charge in [0.25, 0.3) is 11.6 Å². The van der Waals surface area contributed by atoms with Crippen LogP contribution in [0.2, 0.25) is 0 Å². The molecule has 0 unspecified atom stereocenters. The molecule has 0 radical (unpaired) electrons. The van der Waals surface area contributed by atoms with E-state index in [0.717, 1.165) is 11.3 Å². The number of nitrogens with one attached hydrogen (secondary N) is 1. The van der Waals surface area contributed by atoms with Crippen LogP contribution < -0.4 is 4.90 Å². The Hall–Kier alpha value is -2.90. The maximum absolute atomic E-state index is 12.3. The number of non-ortho nitro benzene ring substituents is 1. The summed E-state index contributed by atoms with van der Waals surface area (Å²) in [6, 6.07) is 6.54. The molecule has 0 spiro atoms. The number of benzene rings is 1. The van der Waals surface area contributed by atoms with E-state index >= 15 is 0 Å². The number of piperazine rings is 1. The molecule has 2 heterocycles. The lowest BCUT2D eigenvalue weighted by Gasteiger charge is -2.36. The summed E-state index contributed by atoms with van der Waals surface area (Å²) in [7, 11) is 0. The van der Waals surface area contributed by atoms with Crippen molar-refractivity contribution < 1.29 is 9.72 Å². The van der Waals surface area contributed by atoms with Gasteiger partial charge in [0.2, 0.25) is 0 Å². The maximum Gasteiger partial charge on any atom is 0.271 e. The molecule has 0 atom stereocenters. The molecular formula is C15H17N5O3. The van der Waals surface area contributed by atoms with Gasteiger partial charge in [-0.25, -0.2) is 0 Å². The highest BCUT2D eigenvalue weighted by atomic mass is 16.6. The topological polar surface area (TPSA) is 95.4 Å². The highest BCUT2D eigenvalue weighted by molar-refractivity contribution is 5.92. The Morgan fingerprint density at radius 3 is 2.57 bits per heavy atom. The molecule has 1 amide bonds. The van der Waals surface area contributed by atoms with Crippen molar-refractivity contribution >= 4 is 17.3 Å². The van der Waals surface area contributed by atoms with Crippen LogP contribution in [0.4, 0.5) is 11.4 Å². The molecule has 1 aliphatic heterocycles. The van der Waals surface area contributed by atoms with E-state index in [-0.39, 0.29) is 11.6 Å². The fourth-order valence-electron chi connectivity index (χ4n) is 2.80. The maximum atomic E-state index is 12.3. The Bertz CT molecular complexity index is 721. The highest BCUT2D eigenvalue weighted by Gasteiger charge is 2.24. The van der Waals surface area contributed by atoms with E-state index in [0.29, 0.717) is 31.9 Å². The third-order valence-corrected chi connectivity index (χ3v) is 4.03. The number of carbonyl (C=O) groups excluding carboxylic acids is 1. The molecule has 1 aliphatic rings. The van der Waals surface area contributed by atoms with Crippen molar-refractivity contribution in [1.82, 2.24) is 15.1 Å². The van der Waals surface area contributed by atoms with E-state index in [4.69, 9.17) is 0 Å². The van der Waals surface area contributed by atoms with Gasteiger partial charge in [-0.3, -0.25) is 20.0 Å². The van der Waals surface area contributed by atoms with E-state index in [1.807, 2.05) is 6.92 Å². The summed E-state index contributed by atoms with van der Waals surface area (Å²) in [5, 5.41) is 17.3. The Morgan fingerprint density at radius 1 is 1.26 bits per heavy atom. The first-order valence-corrected chi connectivity index (χ1v) is 7.35. The number of H-pyrrole nitrogens is 1. The Labute approximate surface area is 132 Å². The molecule has 1 N–H and O–H groups in total. The molecule has 120 valence electrons. The van der Waals surface area contributed by atoms with E-state index in [1.54, 1.807) is 29.3 Å². The van der Waals surface area contributed by atoms with Gasteiger partial charge in [-0.05, 0) is 24.6 Å². The molecule has 1 aromatic carbocycles. The SMILES string of the molecule is Cc1cc([N+](=O)[O-])ccc1N1CCN(C(=O)c2ccn[nH]2)CC1. The van der Waals surface area contributed by atoms with Gasteiger partial charge in [-0.1, -0.05) is 0 Å². The summed E-state index contributed by atoms with van der Waals surface area (Å²) in [5.41, 5.74) is 2.43. The van der Waals surface area contributed by atoms with Crippen molar-refractivity contribution in [3.05, 3.63) is 51.8 Å². The number of rotatable bonds is 3. The number of aromatic nitrogens is 2. The van der Waals surface area contributed by atoms with Crippen molar-refractivity contribution in [2.75, 3.05) is 31.1 Å². The van der Waals surface area contributed by atoms with Gasteiger partial charge in [0.1, 0.15) is 5.69 Å². The van der Waals surface area contributed by atoms with Crippen LogP contribution in [0.15, 0.2) is 30.5 Å². The Morgan fingerprint density at radius 2 is 2.00 bits per heavy atom. The molecule has 1 saturated heterocycles. The van der Waals surface area contributed by atoms with E-state index in [2.05, 4.69) is 15.1 Å². The normalized spacial score (nSPS) is 14.8. The number of nitro benzene ring substituents is 1. The lowest BCUT2D eigenvalue weighted by Crippen LogP contribution is -2.49. The number of hydrogen-bond donors (Lipinski definition) is 1. The van der Waals surface area contributed by atoms with E-state index in [1.165, 1.54) is 6.07 Å². The number of aromatic amines is 1. The minimum absolute atomic E-state index is 0.0532. The molecule has 1 aromatic heterocycles. The number of aryl methyl sites for hydroxylation is 1. The van der Waals surface area contributed by atoms with Gasteiger partial charge >= 0.3 is 0 Å².